The molecule has 2 nitrogen and oxygen atoms in total. The lowest BCUT2D eigenvalue weighted by Crippen LogP contribution is -2.40. The third-order valence-corrected chi connectivity index (χ3v) is 2.87. The molecule has 1 N–H and O–H groups in total. The van der Waals surface area contributed by atoms with Gasteiger partial charge in [-0.2, -0.15) is 0 Å². The predicted octanol–water partition coefficient (Wildman–Crippen LogP) is 3.36. The van der Waals surface area contributed by atoms with E-state index in [0.29, 0.717) is 0 Å². The molecule has 0 saturated heterocycles. The lowest BCUT2D eigenvalue weighted by Gasteiger charge is -2.29. The normalized spacial score (nSPS) is 15.2. The Morgan fingerprint density at radius 3 is 2.33 bits per heavy atom. The van der Waals surface area contributed by atoms with Gasteiger partial charge in [-0.15, -0.1) is 0 Å². The van der Waals surface area contributed by atoms with Crippen LogP contribution in [0.3, 0.4) is 0 Å². The van der Waals surface area contributed by atoms with E-state index >= 15 is 0 Å². The van der Waals surface area contributed by atoms with Crippen LogP contribution in [-0.4, -0.2) is 25.3 Å². The Balaban J connectivity index is 3.65. The van der Waals surface area contributed by atoms with Crippen molar-refractivity contribution in [2.45, 2.75) is 65.4 Å². The molecule has 0 rings (SSSR count). The Morgan fingerprint density at radius 2 is 1.80 bits per heavy atom. The fourth-order valence-corrected chi connectivity index (χ4v) is 1.48. The Hall–Kier alpha value is -0.0800. The fraction of sp³-hybridized carbons (Fsp3) is 1.00. The van der Waals surface area contributed by atoms with E-state index in [1.807, 2.05) is 0 Å². The zero-order valence-electron chi connectivity index (χ0n) is 11.1. The van der Waals surface area contributed by atoms with Gasteiger partial charge in [0.25, 0.3) is 0 Å². The van der Waals surface area contributed by atoms with E-state index in [1.54, 1.807) is 0 Å². The predicted molar refractivity (Wildman–Crippen MR) is 67.3 cm³/mol. The standard InChI is InChI=1S/C13H29NO/c1-5-8-9-11-15-13(4,7-3)12-14-10-6-2/h14H,5-12H2,1-4H3. The van der Waals surface area contributed by atoms with E-state index in [-0.39, 0.29) is 5.60 Å². The second-order valence-electron chi connectivity index (χ2n) is 4.54. The molecule has 0 radical (unpaired) electrons. The summed E-state index contributed by atoms with van der Waals surface area (Å²) >= 11 is 0. The zero-order valence-corrected chi connectivity index (χ0v) is 11.1. The average molecular weight is 215 g/mol. The molecule has 0 fully saturated rings. The summed E-state index contributed by atoms with van der Waals surface area (Å²) in [6.45, 7) is 11.8. The maximum atomic E-state index is 5.96. The summed E-state index contributed by atoms with van der Waals surface area (Å²) < 4.78 is 5.96. The van der Waals surface area contributed by atoms with Crippen molar-refractivity contribution in [1.29, 1.82) is 0 Å². The number of nitrogens with one attached hydrogen (secondary N) is 1. The van der Waals surface area contributed by atoms with Gasteiger partial charge in [0, 0.05) is 13.2 Å². The van der Waals surface area contributed by atoms with Crippen LogP contribution in [0.25, 0.3) is 0 Å². The first kappa shape index (κ1) is 14.9. The monoisotopic (exact) mass is 215 g/mol. The molecule has 0 aliphatic heterocycles. The van der Waals surface area contributed by atoms with Crippen molar-refractivity contribution < 1.29 is 4.74 Å². The fourth-order valence-electron chi connectivity index (χ4n) is 1.48. The zero-order chi connectivity index (χ0) is 11.6. The third kappa shape index (κ3) is 7.80. The number of rotatable bonds is 10. The first-order valence-corrected chi connectivity index (χ1v) is 6.53. The minimum atomic E-state index is 0.0307. The second-order valence-corrected chi connectivity index (χ2v) is 4.54. The first-order chi connectivity index (χ1) is 7.18. The van der Waals surface area contributed by atoms with Gasteiger partial charge in [0.15, 0.2) is 0 Å². The Kier molecular flexibility index (Phi) is 9.12. The van der Waals surface area contributed by atoms with Gasteiger partial charge < -0.3 is 10.1 Å². The van der Waals surface area contributed by atoms with Crippen molar-refractivity contribution in [3.63, 3.8) is 0 Å². The summed E-state index contributed by atoms with van der Waals surface area (Å²) in [6.07, 6.45) is 6.01. The smallest absolute Gasteiger partial charge is 0.0775 e. The van der Waals surface area contributed by atoms with Crippen molar-refractivity contribution in [1.82, 2.24) is 5.32 Å². The number of ether oxygens (including phenoxy) is 1. The van der Waals surface area contributed by atoms with Crippen LogP contribution >= 0.6 is 0 Å². The molecule has 1 unspecified atom stereocenters. The van der Waals surface area contributed by atoms with Crippen LogP contribution in [-0.2, 0) is 4.74 Å². The van der Waals surface area contributed by atoms with E-state index in [0.717, 1.165) is 26.1 Å². The molecule has 0 spiro atoms. The van der Waals surface area contributed by atoms with E-state index in [4.69, 9.17) is 4.74 Å². The van der Waals surface area contributed by atoms with Gasteiger partial charge in [0.05, 0.1) is 5.60 Å². The number of unbranched alkanes of at least 4 members (excludes halogenated alkanes) is 2. The summed E-state index contributed by atoms with van der Waals surface area (Å²) in [5.41, 5.74) is 0.0307. The lowest BCUT2D eigenvalue weighted by atomic mass is 10.0. The van der Waals surface area contributed by atoms with Gasteiger partial charge in [-0.25, -0.2) is 0 Å². The average Bonchev–Trinajstić information content (AvgIpc) is 2.25. The second kappa shape index (κ2) is 9.17. The molecule has 0 bridgehead atoms. The summed E-state index contributed by atoms with van der Waals surface area (Å²) in [7, 11) is 0. The molecule has 15 heavy (non-hydrogen) atoms. The third-order valence-electron chi connectivity index (χ3n) is 2.87. The molecule has 0 saturated carbocycles. The number of hydrogen-bond donors (Lipinski definition) is 1. The highest BCUT2D eigenvalue weighted by molar-refractivity contribution is 4.76. The van der Waals surface area contributed by atoms with Crippen molar-refractivity contribution in [3.05, 3.63) is 0 Å². The van der Waals surface area contributed by atoms with Gasteiger partial charge in [-0.05, 0) is 32.7 Å². The quantitative estimate of drug-likeness (QED) is 0.564. The lowest BCUT2D eigenvalue weighted by molar-refractivity contribution is -0.0345. The molecular weight excluding hydrogens is 186 g/mol. The van der Waals surface area contributed by atoms with Crippen molar-refractivity contribution in [2.24, 2.45) is 0 Å². The topological polar surface area (TPSA) is 21.3 Å². The minimum Gasteiger partial charge on any atom is -0.374 e. The molecule has 92 valence electrons. The molecular formula is C13H29NO. The maximum Gasteiger partial charge on any atom is 0.0775 e. The van der Waals surface area contributed by atoms with E-state index in [2.05, 4.69) is 33.0 Å². The highest BCUT2D eigenvalue weighted by Gasteiger charge is 2.21. The van der Waals surface area contributed by atoms with E-state index in [1.165, 1.54) is 25.7 Å². The summed E-state index contributed by atoms with van der Waals surface area (Å²) in [5, 5.41) is 3.44. The Bertz CT molecular complexity index is 138. The van der Waals surface area contributed by atoms with Crippen molar-refractivity contribution in [2.75, 3.05) is 19.7 Å². The van der Waals surface area contributed by atoms with Crippen LogP contribution in [0.5, 0.6) is 0 Å². The molecule has 0 aliphatic carbocycles. The van der Waals surface area contributed by atoms with Crippen LogP contribution < -0.4 is 5.32 Å². The largest absolute Gasteiger partial charge is 0.374 e. The maximum absolute atomic E-state index is 5.96. The summed E-state index contributed by atoms with van der Waals surface area (Å²) in [6, 6.07) is 0. The van der Waals surface area contributed by atoms with Crippen LogP contribution in [0.2, 0.25) is 0 Å². The van der Waals surface area contributed by atoms with E-state index < -0.39 is 0 Å². The van der Waals surface area contributed by atoms with Gasteiger partial charge in [-0.3, -0.25) is 0 Å². The summed E-state index contributed by atoms with van der Waals surface area (Å²) in [4.78, 5) is 0. The Labute approximate surface area is 95.8 Å². The highest BCUT2D eigenvalue weighted by Crippen LogP contribution is 2.14. The van der Waals surface area contributed by atoms with Gasteiger partial charge in [-0.1, -0.05) is 33.6 Å². The minimum absolute atomic E-state index is 0.0307. The number of hydrogen-bond acceptors (Lipinski definition) is 2. The van der Waals surface area contributed by atoms with Gasteiger partial charge >= 0.3 is 0 Å². The van der Waals surface area contributed by atoms with Crippen molar-refractivity contribution >= 4 is 0 Å². The van der Waals surface area contributed by atoms with Gasteiger partial charge in [0.2, 0.25) is 0 Å². The van der Waals surface area contributed by atoms with Crippen LogP contribution in [0.15, 0.2) is 0 Å². The molecule has 0 aromatic heterocycles. The molecule has 0 amide bonds. The molecule has 1 atom stereocenters. The molecule has 0 heterocycles. The first-order valence-electron chi connectivity index (χ1n) is 6.53. The summed E-state index contributed by atoms with van der Waals surface area (Å²) in [5.74, 6) is 0. The van der Waals surface area contributed by atoms with Gasteiger partial charge in [0.1, 0.15) is 0 Å². The van der Waals surface area contributed by atoms with Crippen LogP contribution in [0, 0.1) is 0 Å². The SMILES string of the molecule is CCCCCOC(C)(CC)CNCCC. The molecule has 0 aliphatic rings. The van der Waals surface area contributed by atoms with Crippen LogP contribution in [0.4, 0.5) is 0 Å². The molecule has 2 heteroatoms. The van der Waals surface area contributed by atoms with Crippen LogP contribution in [0.1, 0.15) is 59.8 Å². The van der Waals surface area contributed by atoms with E-state index in [9.17, 15) is 0 Å². The molecule has 0 aromatic rings. The highest BCUT2D eigenvalue weighted by atomic mass is 16.5. The Morgan fingerprint density at radius 1 is 1.07 bits per heavy atom. The van der Waals surface area contributed by atoms with Crippen molar-refractivity contribution in [3.8, 4) is 0 Å². The molecule has 0 aromatic carbocycles.